The van der Waals surface area contributed by atoms with E-state index in [4.69, 9.17) is 23.7 Å². The standard InChI is InChI=1S/C26H39NO11/c1-6-8-10-14-34-24(31)36-20-13-12-19(16-21(20)37-25(32)35-15-11-9-7-2)17-26(22(28)29,27-18(3)4)38-23(30)33-5/h12-13,16,18,27H,6-11,14-15,17H2,1-5H3,(H,28,29)/t26-/m0/s1. The molecule has 0 bridgehead atoms. The third-order valence-electron chi connectivity index (χ3n) is 5.07. The first-order valence-corrected chi connectivity index (χ1v) is 12.7. The van der Waals surface area contributed by atoms with Gasteiger partial charge in [0.25, 0.3) is 5.72 Å². The number of carboxylic acid groups (broad SMARTS) is 1. The summed E-state index contributed by atoms with van der Waals surface area (Å²) in [6.45, 7) is 7.65. The average molecular weight is 542 g/mol. The highest BCUT2D eigenvalue weighted by atomic mass is 16.8. The number of rotatable bonds is 16. The van der Waals surface area contributed by atoms with Crippen LogP contribution in [0.3, 0.4) is 0 Å². The van der Waals surface area contributed by atoms with Crippen LogP contribution in [0.25, 0.3) is 0 Å². The summed E-state index contributed by atoms with van der Waals surface area (Å²) in [4.78, 5) is 48.5. The third kappa shape index (κ3) is 11.7. The van der Waals surface area contributed by atoms with Gasteiger partial charge >= 0.3 is 24.4 Å². The molecule has 1 aromatic rings. The van der Waals surface area contributed by atoms with Gasteiger partial charge in [0.2, 0.25) is 0 Å². The van der Waals surface area contributed by atoms with Crippen molar-refractivity contribution in [2.45, 2.75) is 84.4 Å². The Morgan fingerprint density at radius 1 is 0.868 bits per heavy atom. The van der Waals surface area contributed by atoms with Crippen molar-refractivity contribution >= 4 is 24.4 Å². The lowest BCUT2D eigenvalue weighted by Gasteiger charge is -2.31. The van der Waals surface area contributed by atoms with Gasteiger partial charge in [-0.05, 0) is 44.4 Å². The van der Waals surface area contributed by atoms with Crippen LogP contribution in [0.4, 0.5) is 14.4 Å². The molecule has 12 heteroatoms. The lowest BCUT2D eigenvalue weighted by Crippen LogP contribution is -2.59. The minimum absolute atomic E-state index is 0.134. The van der Waals surface area contributed by atoms with Crippen LogP contribution in [-0.2, 0) is 30.2 Å². The zero-order valence-electron chi connectivity index (χ0n) is 22.7. The number of carbonyl (C=O) groups excluding carboxylic acids is 3. The second kappa shape index (κ2) is 17.1. The van der Waals surface area contributed by atoms with E-state index in [-0.39, 0.29) is 36.7 Å². The van der Waals surface area contributed by atoms with Crippen molar-refractivity contribution in [3.8, 4) is 11.5 Å². The van der Waals surface area contributed by atoms with E-state index in [0.717, 1.165) is 32.8 Å². The monoisotopic (exact) mass is 541 g/mol. The molecule has 12 nitrogen and oxygen atoms in total. The molecule has 0 amide bonds. The molecule has 1 aromatic carbocycles. The SMILES string of the molecule is CCCCCOC(=O)Oc1ccc(C[C@](NC(C)C)(OC(=O)OC)C(=O)O)cc1OC(=O)OCCCCC. The quantitative estimate of drug-likeness (QED) is 0.0928. The molecule has 0 radical (unpaired) electrons. The van der Waals surface area contributed by atoms with Gasteiger partial charge in [-0.1, -0.05) is 45.6 Å². The second-order valence-corrected chi connectivity index (χ2v) is 8.76. The number of aliphatic carboxylic acids is 1. The van der Waals surface area contributed by atoms with E-state index in [0.29, 0.717) is 12.8 Å². The van der Waals surface area contributed by atoms with Crippen molar-refractivity contribution in [1.29, 1.82) is 0 Å². The fraction of sp³-hybridized carbons (Fsp3) is 0.615. The van der Waals surface area contributed by atoms with Crippen molar-refractivity contribution in [2.75, 3.05) is 20.3 Å². The molecular weight excluding hydrogens is 502 g/mol. The number of hydrogen-bond acceptors (Lipinski definition) is 11. The van der Waals surface area contributed by atoms with E-state index >= 15 is 0 Å². The first-order chi connectivity index (χ1) is 18.1. The zero-order valence-corrected chi connectivity index (χ0v) is 22.7. The second-order valence-electron chi connectivity index (χ2n) is 8.76. The number of unbranched alkanes of at least 4 members (excludes halogenated alkanes) is 4. The van der Waals surface area contributed by atoms with E-state index in [1.54, 1.807) is 13.8 Å². The van der Waals surface area contributed by atoms with E-state index in [2.05, 4.69) is 10.1 Å². The Morgan fingerprint density at radius 3 is 1.89 bits per heavy atom. The zero-order chi connectivity index (χ0) is 28.6. The fourth-order valence-electron chi connectivity index (χ4n) is 3.32. The van der Waals surface area contributed by atoms with Crippen LogP contribution in [0.5, 0.6) is 11.5 Å². The highest BCUT2D eigenvalue weighted by Crippen LogP contribution is 2.31. The van der Waals surface area contributed by atoms with Gasteiger partial charge in [-0.15, -0.1) is 0 Å². The van der Waals surface area contributed by atoms with Gasteiger partial charge in [0.15, 0.2) is 11.5 Å². The molecule has 0 heterocycles. The summed E-state index contributed by atoms with van der Waals surface area (Å²) >= 11 is 0. The predicted octanol–water partition coefficient (Wildman–Crippen LogP) is 5.20. The van der Waals surface area contributed by atoms with E-state index in [9.17, 15) is 24.3 Å². The maximum Gasteiger partial charge on any atom is 0.513 e. The number of nitrogens with one attached hydrogen (secondary N) is 1. The molecular formula is C26H39NO11. The van der Waals surface area contributed by atoms with Crippen LogP contribution in [0.2, 0.25) is 0 Å². The van der Waals surface area contributed by atoms with Crippen LogP contribution in [-0.4, -0.2) is 61.6 Å². The molecule has 2 N–H and O–H groups in total. The van der Waals surface area contributed by atoms with Crippen LogP contribution >= 0.6 is 0 Å². The molecule has 1 rings (SSSR count). The summed E-state index contributed by atoms with van der Waals surface area (Å²) < 4.78 is 30.2. The summed E-state index contributed by atoms with van der Waals surface area (Å²) in [5, 5.41) is 12.7. The van der Waals surface area contributed by atoms with Gasteiger partial charge in [0, 0.05) is 12.5 Å². The molecule has 0 saturated heterocycles. The van der Waals surface area contributed by atoms with Crippen LogP contribution in [0.1, 0.15) is 71.8 Å². The van der Waals surface area contributed by atoms with Crippen LogP contribution in [0.15, 0.2) is 18.2 Å². The Hall–Kier alpha value is -3.54. The number of ether oxygens (including phenoxy) is 6. The Labute approximate surface area is 222 Å². The van der Waals surface area contributed by atoms with Crippen molar-refractivity contribution in [3.05, 3.63) is 23.8 Å². The molecule has 38 heavy (non-hydrogen) atoms. The minimum Gasteiger partial charge on any atom is -0.477 e. The molecule has 0 aromatic heterocycles. The van der Waals surface area contributed by atoms with Crippen LogP contribution in [0, 0.1) is 0 Å². The van der Waals surface area contributed by atoms with Gasteiger partial charge in [0.05, 0.1) is 20.3 Å². The molecule has 0 aliphatic carbocycles. The largest absolute Gasteiger partial charge is 0.513 e. The van der Waals surface area contributed by atoms with Crippen LogP contribution < -0.4 is 14.8 Å². The van der Waals surface area contributed by atoms with Crippen molar-refractivity contribution in [3.63, 3.8) is 0 Å². The molecule has 0 saturated carbocycles. The average Bonchev–Trinajstić information content (AvgIpc) is 2.85. The van der Waals surface area contributed by atoms with Crippen molar-refractivity contribution in [1.82, 2.24) is 5.32 Å². The molecule has 0 unspecified atom stereocenters. The lowest BCUT2D eigenvalue weighted by molar-refractivity contribution is -0.166. The molecule has 0 aliphatic heterocycles. The highest BCUT2D eigenvalue weighted by Gasteiger charge is 2.44. The van der Waals surface area contributed by atoms with Gasteiger partial charge in [-0.25, -0.2) is 19.2 Å². The molecule has 0 aliphatic rings. The Balaban J connectivity index is 3.24. The fourth-order valence-corrected chi connectivity index (χ4v) is 3.32. The predicted molar refractivity (Wildman–Crippen MR) is 135 cm³/mol. The molecule has 0 spiro atoms. The smallest absolute Gasteiger partial charge is 0.477 e. The number of carbonyl (C=O) groups is 4. The summed E-state index contributed by atoms with van der Waals surface area (Å²) in [5.41, 5.74) is -1.94. The Morgan fingerprint density at radius 2 is 1.42 bits per heavy atom. The summed E-state index contributed by atoms with van der Waals surface area (Å²) in [6.07, 6.45) is 1.30. The van der Waals surface area contributed by atoms with Gasteiger partial charge in [0.1, 0.15) is 0 Å². The van der Waals surface area contributed by atoms with Gasteiger partial charge in [-0.3, -0.25) is 5.32 Å². The summed E-state index contributed by atoms with van der Waals surface area (Å²) in [5.74, 6) is -1.84. The van der Waals surface area contributed by atoms with E-state index < -0.39 is 36.2 Å². The number of carboxylic acids is 1. The molecule has 1 atom stereocenters. The highest BCUT2D eigenvalue weighted by molar-refractivity contribution is 5.80. The van der Waals surface area contributed by atoms with Crippen molar-refractivity contribution in [2.24, 2.45) is 0 Å². The Kier molecular flexibility index (Phi) is 14.6. The normalized spacial score (nSPS) is 12.3. The maximum absolute atomic E-state index is 12.3. The van der Waals surface area contributed by atoms with Crippen molar-refractivity contribution < 1.29 is 52.7 Å². The van der Waals surface area contributed by atoms with Gasteiger partial charge < -0.3 is 33.5 Å². The lowest BCUT2D eigenvalue weighted by atomic mass is 10.0. The topological polar surface area (TPSA) is 156 Å². The van der Waals surface area contributed by atoms with E-state index in [1.165, 1.54) is 18.2 Å². The number of benzene rings is 1. The van der Waals surface area contributed by atoms with E-state index in [1.807, 2.05) is 13.8 Å². The minimum atomic E-state index is -2.21. The number of methoxy groups -OCH3 is 1. The summed E-state index contributed by atoms with van der Waals surface area (Å²) in [6, 6.07) is 3.62. The molecule has 0 fully saturated rings. The first kappa shape index (κ1) is 32.5. The Bertz CT molecular complexity index is 918. The van der Waals surface area contributed by atoms with Gasteiger partial charge in [-0.2, -0.15) is 0 Å². The molecule has 214 valence electrons. The number of hydrogen-bond donors (Lipinski definition) is 2. The third-order valence-corrected chi connectivity index (χ3v) is 5.07. The first-order valence-electron chi connectivity index (χ1n) is 12.7. The summed E-state index contributed by atoms with van der Waals surface area (Å²) in [7, 11) is 1.05. The maximum atomic E-state index is 12.3.